The van der Waals surface area contributed by atoms with Gasteiger partial charge in [-0.25, -0.2) is 0 Å². The van der Waals surface area contributed by atoms with Crippen molar-refractivity contribution < 1.29 is 9.53 Å². The van der Waals surface area contributed by atoms with E-state index >= 15 is 0 Å². The molecule has 3 rings (SSSR count). The minimum atomic E-state index is -0.479. The van der Waals surface area contributed by atoms with Gasteiger partial charge in [-0.2, -0.15) is 0 Å². The molecule has 2 aliphatic rings. The highest BCUT2D eigenvalue weighted by atomic mass is 35.5. The van der Waals surface area contributed by atoms with Crippen molar-refractivity contribution in [3.05, 3.63) is 35.9 Å². The quantitative estimate of drug-likeness (QED) is 0.930. The van der Waals surface area contributed by atoms with Gasteiger partial charge in [-0.05, 0) is 24.8 Å². The zero-order valence-corrected chi connectivity index (χ0v) is 13.1. The molecule has 3 atom stereocenters. The summed E-state index contributed by atoms with van der Waals surface area (Å²) in [4.78, 5) is 14.7. The van der Waals surface area contributed by atoms with E-state index in [1.54, 1.807) is 7.11 Å². The standard InChI is InChI=1S/C16H22N2O2.ClH/c1-20-15(12-5-3-2-4-6-12)16(19)18-10-9-13-7-8-14(11-18)17-13;/h2-6,13-15,17H,7-11H2,1H3;1H. The average Bonchev–Trinajstić information content (AvgIpc) is 2.80. The first kappa shape index (κ1) is 16.3. The first-order valence-corrected chi connectivity index (χ1v) is 7.40. The lowest BCUT2D eigenvalue weighted by Crippen LogP contribution is -2.41. The number of likely N-dealkylation sites (tertiary alicyclic amines) is 1. The Balaban J connectivity index is 0.00000161. The number of nitrogens with one attached hydrogen (secondary N) is 1. The molecule has 2 fully saturated rings. The second-order valence-electron chi connectivity index (χ2n) is 5.74. The van der Waals surface area contributed by atoms with E-state index in [4.69, 9.17) is 4.74 Å². The first-order valence-electron chi connectivity index (χ1n) is 7.40. The van der Waals surface area contributed by atoms with Crippen LogP contribution in [0.25, 0.3) is 0 Å². The summed E-state index contributed by atoms with van der Waals surface area (Å²) in [5.74, 6) is 0.0908. The second kappa shape index (κ2) is 7.25. The maximum atomic E-state index is 12.7. The van der Waals surface area contributed by atoms with Crippen LogP contribution in [-0.2, 0) is 9.53 Å². The number of amides is 1. The smallest absolute Gasteiger partial charge is 0.256 e. The van der Waals surface area contributed by atoms with E-state index in [2.05, 4.69) is 5.32 Å². The fraction of sp³-hybridized carbons (Fsp3) is 0.562. The van der Waals surface area contributed by atoms with Gasteiger partial charge in [0, 0.05) is 32.3 Å². The summed E-state index contributed by atoms with van der Waals surface area (Å²) in [5, 5.41) is 3.60. The topological polar surface area (TPSA) is 41.6 Å². The van der Waals surface area contributed by atoms with Crippen LogP contribution in [0, 0.1) is 0 Å². The number of hydrogen-bond acceptors (Lipinski definition) is 3. The summed E-state index contributed by atoms with van der Waals surface area (Å²) >= 11 is 0. The number of halogens is 1. The fourth-order valence-electron chi connectivity index (χ4n) is 3.32. The predicted molar refractivity (Wildman–Crippen MR) is 84.6 cm³/mol. The molecule has 2 aliphatic heterocycles. The molecule has 2 saturated heterocycles. The van der Waals surface area contributed by atoms with Crippen LogP contribution in [0.1, 0.15) is 30.9 Å². The van der Waals surface area contributed by atoms with Gasteiger partial charge in [-0.15, -0.1) is 12.4 Å². The zero-order chi connectivity index (χ0) is 13.9. The second-order valence-corrected chi connectivity index (χ2v) is 5.74. The molecule has 2 bridgehead atoms. The van der Waals surface area contributed by atoms with Gasteiger partial charge in [0.1, 0.15) is 0 Å². The van der Waals surface area contributed by atoms with E-state index in [-0.39, 0.29) is 18.3 Å². The van der Waals surface area contributed by atoms with E-state index in [1.807, 2.05) is 35.2 Å². The molecule has 1 N–H and O–H groups in total. The van der Waals surface area contributed by atoms with Crippen LogP contribution in [-0.4, -0.2) is 43.1 Å². The SMILES string of the molecule is COC(C(=O)N1CCC2CCC(C1)N2)c1ccccc1.Cl. The summed E-state index contributed by atoms with van der Waals surface area (Å²) in [6.45, 7) is 1.64. The maximum Gasteiger partial charge on any atom is 0.256 e. The number of nitrogens with zero attached hydrogens (tertiary/aromatic N) is 1. The van der Waals surface area contributed by atoms with E-state index in [1.165, 1.54) is 12.8 Å². The largest absolute Gasteiger partial charge is 0.367 e. The molecule has 21 heavy (non-hydrogen) atoms. The summed E-state index contributed by atoms with van der Waals surface area (Å²) in [6, 6.07) is 10.8. The zero-order valence-electron chi connectivity index (χ0n) is 12.3. The summed E-state index contributed by atoms with van der Waals surface area (Å²) in [5.41, 5.74) is 0.933. The minimum absolute atomic E-state index is 0. The van der Waals surface area contributed by atoms with Gasteiger partial charge in [0.15, 0.2) is 6.10 Å². The lowest BCUT2D eigenvalue weighted by atomic mass is 10.1. The lowest BCUT2D eigenvalue weighted by Gasteiger charge is -2.28. The highest BCUT2D eigenvalue weighted by Gasteiger charge is 2.34. The molecule has 0 saturated carbocycles. The van der Waals surface area contributed by atoms with Crippen molar-refractivity contribution in [2.75, 3.05) is 20.2 Å². The molecule has 1 aromatic carbocycles. The number of rotatable bonds is 3. The maximum absolute atomic E-state index is 12.7. The lowest BCUT2D eigenvalue weighted by molar-refractivity contribution is -0.142. The van der Waals surface area contributed by atoms with Crippen molar-refractivity contribution in [2.24, 2.45) is 0 Å². The molecule has 1 amide bonds. The molecule has 0 radical (unpaired) electrons. The highest BCUT2D eigenvalue weighted by Crippen LogP contribution is 2.24. The van der Waals surface area contributed by atoms with Gasteiger partial charge >= 0.3 is 0 Å². The van der Waals surface area contributed by atoms with Gasteiger partial charge in [-0.1, -0.05) is 30.3 Å². The number of fused-ring (bicyclic) bond motifs is 2. The Labute approximate surface area is 132 Å². The van der Waals surface area contributed by atoms with E-state index in [0.717, 1.165) is 25.1 Å². The Kier molecular flexibility index (Phi) is 5.62. The van der Waals surface area contributed by atoms with Crippen LogP contribution in [0.4, 0.5) is 0 Å². The molecule has 0 spiro atoms. The molecular weight excluding hydrogens is 288 g/mol. The molecule has 116 valence electrons. The normalized spacial score (nSPS) is 25.9. The summed E-state index contributed by atoms with van der Waals surface area (Å²) in [6.07, 6.45) is 3.00. The molecule has 2 heterocycles. The third-order valence-corrected chi connectivity index (χ3v) is 4.40. The van der Waals surface area contributed by atoms with Gasteiger partial charge in [-0.3, -0.25) is 4.79 Å². The minimum Gasteiger partial charge on any atom is -0.367 e. The molecule has 5 heteroatoms. The third-order valence-electron chi connectivity index (χ3n) is 4.40. The van der Waals surface area contributed by atoms with Crippen molar-refractivity contribution in [2.45, 2.75) is 37.5 Å². The fourth-order valence-corrected chi connectivity index (χ4v) is 3.32. The molecule has 4 nitrogen and oxygen atoms in total. The Bertz CT molecular complexity index is 469. The molecule has 3 unspecified atom stereocenters. The van der Waals surface area contributed by atoms with E-state index in [0.29, 0.717) is 12.1 Å². The van der Waals surface area contributed by atoms with Gasteiger partial charge in [0.2, 0.25) is 0 Å². The number of benzene rings is 1. The van der Waals surface area contributed by atoms with E-state index < -0.39 is 6.10 Å². The summed E-state index contributed by atoms with van der Waals surface area (Å²) in [7, 11) is 1.61. The van der Waals surface area contributed by atoms with Crippen molar-refractivity contribution in [1.29, 1.82) is 0 Å². The van der Waals surface area contributed by atoms with Crippen molar-refractivity contribution >= 4 is 18.3 Å². The molecule has 0 aliphatic carbocycles. The van der Waals surface area contributed by atoms with Crippen LogP contribution in [0.15, 0.2) is 30.3 Å². The number of hydrogen-bond donors (Lipinski definition) is 1. The van der Waals surface area contributed by atoms with Crippen LogP contribution in [0.3, 0.4) is 0 Å². The Hall–Kier alpha value is -1.10. The van der Waals surface area contributed by atoms with Gasteiger partial charge in [0.05, 0.1) is 0 Å². The third kappa shape index (κ3) is 3.57. The first-order chi connectivity index (χ1) is 9.78. The van der Waals surface area contributed by atoms with Crippen molar-refractivity contribution in [3.8, 4) is 0 Å². The van der Waals surface area contributed by atoms with Crippen LogP contribution in [0.2, 0.25) is 0 Å². The molecular formula is C16H23ClN2O2. The number of ether oxygens (including phenoxy) is 1. The number of methoxy groups -OCH3 is 1. The Morgan fingerprint density at radius 1 is 1.24 bits per heavy atom. The molecule has 0 aromatic heterocycles. The van der Waals surface area contributed by atoms with Crippen molar-refractivity contribution in [3.63, 3.8) is 0 Å². The molecule has 1 aromatic rings. The predicted octanol–water partition coefficient (Wildman–Crippen LogP) is 2.15. The highest BCUT2D eigenvalue weighted by molar-refractivity contribution is 5.85. The summed E-state index contributed by atoms with van der Waals surface area (Å²) < 4.78 is 5.46. The van der Waals surface area contributed by atoms with Crippen LogP contribution < -0.4 is 5.32 Å². The van der Waals surface area contributed by atoms with Crippen molar-refractivity contribution in [1.82, 2.24) is 10.2 Å². The monoisotopic (exact) mass is 310 g/mol. The van der Waals surface area contributed by atoms with Gasteiger partial charge in [0.25, 0.3) is 5.91 Å². The van der Waals surface area contributed by atoms with Gasteiger partial charge < -0.3 is 15.0 Å². The van der Waals surface area contributed by atoms with Crippen LogP contribution in [0.5, 0.6) is 0 Å². The number of carbonyl (C=O) groups is 1. The van der Waals surface area contributed by atoms with Crippen LogP contribution >= 0.6 is 12.4 Å². The average molecular weight is 311 g/mol. The Morgan fingerprint density at radius 2 is 1.95 bits per heavy atom. The Morgan fingerprint density at radius 3 is 2.67 bits per heavy atom. The number of carbonyl (C=O) groups excluding carboxylic acids is 1. The van der Waals surface area contributed by atoms with E-state index in [9.17, 15) is 4.79 Å².